The maximum Gasteiger partial charge on any atom is 0.151 e. The van der Waals surface area contributed by atoms with E-state index in [4.69, 9.17) is 0 Å². The molecule has 0 fully saturated rings. The monoisotopic (exact) mass is 226 g/mol. The minimum Gasteiger partial charge on any atom is -0.298 e. The topological polar surface area (TPSA) is 34.1 Å². The SMILES string of the molecule is CCC(CC)(C(=O)C(C)C)C(=O)C(C)(C)C. The second-order valence-corrected chi connectivity index (χ2v) is 5.89. The highest BCUT2D eigenvalue weighted by molar-refractivity contribution is 6.09. The van der Waals surface area contributed by atoms with Crippen LogP contribution in [0.3, 0.4) is 0 Å². The fourth-order valence-corrected chi connectivity index (χ4v) is 2.30. The van der Waals surface area contributed by atoms with Crippen molar-refractivity contribution < 1.29 is 9.59 Å². The standard InChI is InChI=1S/C14H26O2/c1-8-14(9-2,11(15)10(3)4)12(16)13(5,6)7/h10H,8-9H2,1-7H3. The number of Topliss-reactive ketones (excluding diaryl/α,β-unsaturated/α-hetero) is 2. The van der Waals surface area contributed by atoms with E-state index in [1.54, 1.807) is 0 Å². The molecular weight excluding hydrogens is 200 g/mol. The first-order chi connectivity index (χ1) is 7.13. The van der Waals surface area contributed by atoms with Gasteiger partial charge in [-0.05, 0) is 12.8 Å². The van der Waals surface area contributed by atoms with Crippen molar-refractivity contribution in [3.63, 3.8) is 0 Å². The highest BCUT2D eigenvalue weighted by Gasteiger charge is 2.47. The molecular formula is C14H26O2. The minimum atomic E-state index is -0.771. The molecule has 94 valence electrons. The summed E-state index contributed by atoms with van der Waals surface area (Å²) in [5, 5.41) is 0. The van der Waals surface area contributed by atoms with Gasteiger partial charge in [-0.15, -0.1) is 0 Å². The molecule has 0 heterocycles. The molecule has 0 bridgehead atoms. The zero-order valence-corrected chi connectivity index (χ0v) is 11.8. The average molecular weight is 226 g/mol. The molecule has 0 aliphatic heterocycles. The van der Waals surface area contributed by atoms with Crippen LogP contribution in [-0.2, 0) is 9.59 Å². The molecule has 0 amide bonds. The van der Waals surface area contributed by atoms with E-state index in [2.05, 4.69) is 0 Å². The van der Waals surface area contributed by atoms with Crippen LogP contribution in [0.15, 0.2) is 0 Å². The molecule has 0 aliphatic rings. The van der Waals surface area contributed by atoms with E-state index in [-0.39, 0.29) is 17.5 Å². The summed E-state index contributed by atoms with van der Waals surface area (Å²) >= 11 is 0. The average Bonchev–Trinajstić information content (AvgIpc) is 2.18. The lowest BCUT2D eigenvalue weighted by atomic mass is 9.65. The Kier molecular flexibility index (Phi) is 4.90. The maximum absolute atomic E-state index is 12.5. The first-order valence-corrected chi connectivity index (χ1v) is 6.22. The second kappa shape index (κ2) is 5.11. The quantitative estimate of drug-likeness (QED) is 0.671. The predicted molar refractivity (Wildman–Crippen MR) is 67.3 cm³/mol. The number of carbonyl (C=O) groups excluding carboxylic acids is 2. The van der Waals surface area contributed by atoms with Crippen molar-refractivity contribution in [3.05, 3.63) is 0 Å². The van der Waals surface area contributed by atoms with Crippen molar-refractivity contribution in [1.29, 1.82) is 0 Å². The van der Waals surface area contributed by atoms with Crippen molar-refractivity contribution in [2.45, 2.75) is 61.3 Å². The Morgan fingerprint density at radius 2 is 1.38 bits per heavy atom. The highest BCUT2D eigenvalue weighted by Crippen LogP contribution is 2.38. The van der Waals surface area contributed by atoms with E-state index in [1.807, 2.05) is 48.5 Å². The van der Waals surface area contributed by atoms with E-state index < -0.39 is 10.8 Å². The summed E-state index contributed by atoms with van der Waals surface area (Å²) in [4.78, 5) is 24.8. The zero-order chi connectivity index (χ0) is 13.1. The van der Waals surface area contributed by atoms with Gasteiger partial charge in [-0.25, -0.2) is 0 Å². The van der Waals surface area contributed by atoms with Crippen molar-refractivity contribution in [2.75, 3.05) is 0 Å². The fourth-order valence-electron chi connectivity index (χ4n) is 2.30. The van der Waals surface area contributed by atoms with Crippen LogP contribution in [0.4, 0.5) is 0 Å². The molecule has 0 unspecified atom stereocenters. The van der Waals surface area contributed by atoms with Gasteiger partial charge < -0.3 is 0 Å². The summed E-state index contributed by atoms with van der Waals surface area (Å²) in [6.45, 7) is 13.3. The molecule has 0 saturated carbocycles. The largest absolute Gasteiger partial charge is 0.298 e. The van der Waals surface area contributed by atoms with Crippen LogP contribution in [0.5, 0.6) is 0 Å². The third kappa shape index (κ3) is 2.72. The van der Waals surface area contributed by atoms with Crippen LogP contribution in [0.1, 0.15) is 61.3 Å². The lowest BCUT2D eigenvalue weighted by Gasteiger charge is -2.35. The van der Waals surface area contributed by atoms with Gasteiger partial charge in [0, 0.05) is 11.3 Å². The number of ketones is 2. The number of carbonyl (C=O) groups is 2. The van der Waals surface area contributed by atoms with Crippen LogP contribution in [-0.4, -0.2) is 11.6 Å². The molecule has 0 saturated heterocycles. The molecule has 2 nitrogen and oxygen atoms in total. The summed E-state index contributed by atoms with van der Waals surface area (Å²) in [6.07, 6.45) is 1.22. The van der Waals surface area contributed by atoms with Gasteiger partial charge >= 0.3 is 0 Å². The normalized spacial score (nSPS) is 13.0. The molecule has 0 radical (unpaired) electrons. The molecule has 0 spiro atoms. The highest BCUT2D eigenvalue weighted by atomic mass is 16.2. The summed E-state index contributed by atoms with van der Waals surface area (Å²) in [7, 11) is 0. The van der Waals surface area contributed by atoms with Crippen LogP contribution in [0.25, 0.3) is 0 Å². The van der Waals surface area contributed by atoms with Crippen molar-refractivity contribution in [1.82, 2.24) is 0 Å². The summed E-state index contributed by atoms with van der Waals surface area (Å²) in [6, 6.07) is 0. The van der Waals surface area contributed by atoms with Crippen molar-refractivity contribution in [3.8, 4) is 0 Å². The van der Waals surface area contributed by atoms with Gasteiger partial charge in [-0.3, -0.25) is 9.59 Å². The molecule has 0 aromatic heterocycles. The summed E-state index contributed by atoms with van der Waals surface area (Å²) in [5.41, 5.74) is -1.22. The van der Waals surface area contributed by atoms with E-state index in [9.17, 15) is 9.59 Å². The molecule has 0 rings (SSSR count). The summed E-state index contributed by atoms with van der Waals surface area (Å²) < 4.78 is 0. The third-order valence-corrected chi connectivity index (χ3v) is 3.32. The van der Waals surface area contributed by atoms with Crippen LogP contribution in [0.2, 0.25) is 0 Å². The smallest absolute Gasteiger partial charge is 0.151 e. The molecule has 0 aliphatic carbocycles. The van der Waals surface area contributed by atoms with Crippen LogP contribution >= 0.6 is 0 Å². The van der Waals surface area contributed by atoms with Gasteiger partial charge in [0.25, 0.3) is 0 Å². The first kappa shape index (κ1) is 15.3. The van der Waals surface area contributed by atoms with Gasteiger partial charge in [-0.1, -0.05) is 48.5 Å². The Morgan fingerprint density at radius 1 is 1.00 bits per heavy atom. The van der Waals surface area contributed by atoms with Gasteiger partial charge in [0.15, 0.2) is 5.78 Å². The maximum atomic E-state index is 12.5. The van der Waals surface area contributed by atoms with Gasteiger partial charge in [0.2, 0.25) is 0 Å². The summed E-state index contributed by atoms with van der Waals surface area (Å²) in [5.74, 6) is 0.104. The number of hydrogen-bond donors (Lipinski definition) is 0. The van der Waals surface area contributed by atoms with E-state index in [0.29, 0.717) is 12.8 Å². The Labute approximate surface area is 99.8 Å². The molecule has 0 atom stereocenters. The van der Waals surface area contributed by atoms with E-state index in [0.717, 1.165) is 0 Å². The lowest BCUT2D eigenvalue weighted by molar-refractivity contribution is -0.148. The van der Waals surface area contributed by atoms with Gasteiger partial charge in [0.1, 0.15) is 5.78 Å². The third-order valence-electron chi connectivity index (χ3n) is 3.32. The van der Waals surface area contributed by atoms with E-state index in [1.165, 1.54) is 0 Å². The molecule has 0 N–H and O–H groups in total. The van der Waals surface area contributed by atoms with Crippen molar-refractivity contribution in [2.24, 2.45) is 16.7 Å². The van der Waals surface area contributed by atoms with Gasteiger partial charge in [0.05, 0.1) is 5.41 Å². The Balaban J connectivity index is 5.44. The van der Waals surface area contributed by atoms with Crippen LogP contribution < -0.4 is 0 Å². The fraction of sp³-hybridized carbons (Fsp3) is 0.857. The Bertz CT molecular complexity index is 265. The predicted octanol–water partition coefficient (Wildman–Crippen LogP) is 3.63. The molecule has 16 heavy (non-hydrogen) atoms. The first-order valence-electron chi connectivity index (χ1n) is 6.22. The minimum absolute atomic E-state index is 0.0776. The van der Waals surface area contributed by atoms with Crippen LogP contribution in [0, 0.1) is 16.7 Å². The molecule has 0 aromatic rings. The number of hydrogen-bond acceptors (Lipinski definition) is 2. The van der Waals surface area contributed by atoms with Crippen molar-refractivity contribution >= 4 is 11.6 Å². The van der Waals surface area contributed by atoms with E-state index >= 15 is 0 Å². The van der Waals surface area contributed by atoms with Gasteiger partial charge in [-0.2, -0.15) is 0 Å². The Morgan fingerprint density at radius 3 is 1.56 bits per heavy atom. The Hall–Kier alpha value is -0.660. The lowest BCUT2D eigenvalue weighted by Crippen LogP contribution is -2.46. The molecule has 2 heteroatoms. The zero-order valence-electron chi connectivity index (χ0n) is 11.8. The second-order valence-electron chi connectivity index (χ2n) is 5.89. The number of rotatable bonds is 5. The molecule has 0 aromatic carbocycles.